The number of aromatic nitrogens is 2. The molecule has 0 atom stereocenters. The first-order valence-corrected chi connectivity index (χ1v) is 17.0. The molecule has 2 heterocycles. The standard InChI is InChI=1S/C46H28FN3O2/c47-37-19-13-33-25-31(9-11-35(33)27-37)32-10-12-36-28-40(24-18-34(36)26-32)50(38-20-14-29(15-21-38)45-48-41-5-1-3-7-43(41)51-45)39-22-16-30(17-23-39)46-49-42-6-2-4-8-44(42)52-46/h1-28H/i26D. The van der Waals surface area contributed by atoms with Gasteiger partial charge in [-0.05, 0) is 142 Å². The number of nitrogens with zero attached hydrogens (tertiary/aromatic N) is 3. The molecule has 52 heavy (non-hydrogen) atoms. The molecule has 0 amide bonds. The third kappa shape index (κ3) is 5.34. The number of anilines is 3. The number of rotatable bonds is 6. The summed E-state index contributed by atoms with van der Waals surface area (Å²) in [5.74, 6) is 0.866. The van der Waals surface area contributed by atoms with Gasteiger partial charge < -0.3 is 13.7 Å². The van der Waals surface area contributed by atoms with E-state index < -0.39 is 0 Å². The maximum Gasteiger partial charge on any atom is 0.227 e. The molecular weight excluding hydrogens is 646 g/mol. The normalized spacial score (nSPS) is 11.8. The lowest BCUT2D eigenvalue weighted by atomic mass is 9.98. The van der Waals surface area contributed by atoms with Gasteiger partial charge in [0.25, 0.3) is 0 Å². The molecule has 6 heteroatoms. The van der Waals surface area contributed by atoms with Crippen LogP contribution >= 0.6 is 0 Å². The van der Waals surface area contributed by atoms with Gasteiger partial charge in [-0.2, -0.15) is 0 Å². The zero-order valence-corrected chi connectivity index (χ0v) is 27.6. The summed E-state index contributed by atoms with van der Waals surface area (Å²) in [7, 11) is 0. The van der Waals surface area contributed by atoms with Crippen LogP contribution in [0.15, 0.2) is 179 Å². The van der Waals surface area contributed by atoms with Gasteiger partial charge in [-0.3, -0.25) is 0 Å². The van der Waals surface area contributed by atoms with E-state index >= 15 is 0 Å². The molecule has 0 spiro atoms. The van der Waals surface area contributed by atoms with E-state index in [0.29, 0.717) is 17.8 Å². The summed E-state index contributed by atoms with van der Waals surface area (Å²) < 4.78 is 35.1. The first-order valence-electron chi connectivity index (χ1n) is 17.5. The molecule has 0 bridgehead atoms. The van der Waals surface area contributed by atoms with E-state index in [-0.39, 0.29) is 5.82 Å². The first-order chi connectivity index (χ1) is 26.0. The molecule has 8 aromatic carbocycles. The summed E-state index contributed by atoms with van der Waals surface area (Å²) in [6, 6.07) is 53.2. The number of fused-ring (bicyclic) bond motifs is 4. The monoisotopic (exact) mass is 674 g/mol. The number of para-hydroxylation sites is 4. The van der Waals surface area contributed by atoms with Crippen molar-refractivity contribution in [3.63, 3.8) is 0 Å². The maximum atomic E-state index is 13.8. The van der Waals surface area contributed by atoms with Crippen LogP contribution in [0.2, 0.25) is 0 Å². The number of oxazole rings is 2. The Labute approximate surface area is 299 Å². The van der Waals surface area contributed by atoms with Crippen LogP contribution in [-0.4, -0.2) is 9.97 Å². The summed E-state index contributed by atoms with van der Waals surface area (Å²) in [5.41, 5.74) is 9.42. The van der Waals surface area contributed by atoms with Crippen LogP contribution in [-0.2, 0) is 0 Å². The quantitative estimate of drug-likeness (QED) is 0.176. The van der Waals surface area contributed by atoms with E-state index in [1.807, 2.05) is 103 Å². The summed E-state index contributed by atoms with van der Waals surface area (Å²) in [6.07, 6.45) is 0. The van der Waals surface area contributed by atoms with Gasteiger partial charge in [0.15, 0.2) is 11.2 Å². The Morgan fingerprint density at radius 2 is 0.923 bits per heavy atom. The van der Waals surface area contributed by atoms with Crippen molar-refractivity contribution in [3.05, 3.63) is 176 Å². The molecule has 0 saturated heterocycles. The average molecular weight is 675 g/mol. The highest BCUT2D eigenvalue weighted by atomic mass is 19.1. The number of hydrogen-bond acceptors (Lipinski definition) is 5. The largest absolute Gasteiger partial charge is 0.436 e. The van der Waals surface area contributed by atoms with Crippen LogP contribution in [0.25, 0.3) is 77.8 Å². The molecule has 0 radical (unpaired) electrons. The Kier molecular flexibility index (Phi) is 6.68. The SMILES string of the molecule is [2H]c1c(-c2ccc3cc(F)ccc3c2)ccc2cc(N(c3ccc(-c4nc5ccccc5o4)cc3)c3ccc(-c4nc5ccccc5o4)cc3)ccc12. The second-order valence-electron chi connectivity index (χ2n) is 12.8. The highest BCUT2D eigenvalue weighted by Crippen LogP contribution is 2.39. The van der Waals surface area contributed by atoms with E-state index in [1.165, 1.54) is 12.1 Å². The summed E-state index contributed by atoms with van der Waals surface area (Å²) in [5, 5.41) is 3.53. The molecule has 0 unspecified atom stereocenters. The minimum Gasteiger partial charge on any atom is -0.436 e. The lowest BCUT2D eigenvalue weighted by Crippen LogP contribution is -2.09. The lowest BCUT2D eigenvalue weighted by molar-refractivity contribution is 0.619. The van der Waals surface area contributed by atoms with Gasteiger partial charge in [-0.1, -0.05) is 60.7 Å². The number of benzene rings is 8. The number of hydrogen-bond donors (Lipinski definition) is 0. The zero-order chi connectivity index (χ0) is 35.5. The van der Waals surface area contributed by atoms with Crippen molar-refractivity contribution < 1.29 is 14.6 Å². The first kappa shape index (κ1) is 28.8. The van der Waals surface area contributed by atoms with E-state index in [2.05, 4.69) is 57.3 Å². The van der Waals surface area contributed by atoms with Crippen LogP contribution in [0.5, 0.6) is 0 Å². The van der Waals surface area contributed by atoms with Crippen molar-refractivity contribution in [1.29, 1.82) is 0 Å². The highest BCUT2D eigenvalue weighted by molar-refractivity contribution is 5.94. The van der Waals surface area contributed by atoms with Crippen molar-refractivity contribution in [2.75, 3.05) is 4.90 Å². The lowest BCUT2D eigenvalue weighted by Gasteiger charge is -2.26. The minimum atomic E-state index is -0.264. The summed E-state index contributed by atoms with van der Waals surface area (Å²) in [6.45, 7) is 0. The molecule has 0 N–H and O–H groups in total. The number of halogens is 1. The molecule has 0 aliphatic rings. The van der Waals surface area contributed by atoms with E-state index in [1.54, 1.807) is 6.07 Å². The van der Waals surface area contributed by atoms with Gasteiger partial charge in [0, 0.05) is 28.2 Å². The Balaban J connectivity index is 1.05. The molecule has 0 aliphatic carbocycles. The molecule has 10 aromatic rings. The van der Waals surface area contributed by atoms with Gasteiger partial charge in [0.1, 0.15) is 16.9 Å². The fourth-order valence-electron chi connectivity index (χ4n) is 6.80. The topological polar surface area (TPSA) is 55.3 Å². The second-order valence-corrected chi connectivity index (χ2v) is 12.8. The van der Waals surface area contributed by atoms with Crippen LogP contribution in [0.3, 0.4) is 0 Å². The van der Waals surface area contributed by atoms with Crippen molar-refractivity contribution in [3.8, 4) is 34.0 Å². The average Bonchev–Trinajstić information content (AvgIpc) is 3.84. The molecule has 5 nitrogen and oxygen atoms in total. The van der Waals surface area contributed by atoms with Crippen LogP contribution < -0.4 is 4.90 Å². The van der Waals surface area contributed by atoms with Crippen LogP contribution in [0, 0.1) is 5.82 Å². The van der Waals surface area contributed by atoms with Crippen molar-refractivity contribution in [1.82, 2.24) is 9.97 Å². The maximum absolute atomic E-state index is 13.8. The van der Waals surface area contributed by atoms with Crippen LogP contribution in [0.1, 0.15) is 1.37 Å². The Hall–Kier alpha value is -7.05. The molecule has 246 valence electrons. The minimum absolute atomic E-state index is 0.264. The molecular formula is C46H28FN3O2. The smallest absolute Gasteiger partial charge is 0.227 e. The molecule has 2 aromatic heterocycles. The third-order valence-corrected chi connectivity index (χ3v) is 9.44. The van der Waals surface area contributed by atoms with Gasteiger partial charge in [0.2, 0.25) is 11.8 Å². The molecule has 0 aliphatic heterocycles. The fourth-order valence-corrected chi connectivity index (χ4v) is 6.80. The van der Waals surface area contributed by atoms with E-state index in [4.69, 9.17) is 8.83 Å². The van der Waals surface area contributed by atoms with Crippen molar-refractivity contribution in [2.45, 2.75) is 0 Å². The summed E-state index contributed by atoms with van der Waals surface area (Å²) >= 11 is 0. The second kappa shape index (κ2) is 12.1. The summed E-state index contributed by atoms with van der Waals surface area (Å²) in [4.78, 5) is 11.6. The Bertz CT molecular complexity index is 2800. The predicted octanol–water partition coefficient (Wildman–Crippen LogP) is 12.9. The third-order valence-electron chi connectivity index (χ3n) is 9.44. The molecule has 10 rings (SSSR count). The highest BCUT2D eigenvalue weighted by Gasteiger charge is 2.17. The van der Waals surface area contributed by atoms with E-state index in [9.17, 15) is 5.76 Å². The predicted molar refractivity (Wildman–Crippen MR) is 208 cm³/mol. The van der Waals surface area contributed by atoms with E-state index in [0.717, 1.165) is 83.1 Å². The zero-order valence-electron chi connectivity index (χ0n) is 28.6. The van der Waals surface area contributed by atoms with Gasteiger partial charge >= 0.3 is 0 Å². The molecule has 0 fully saturated rings. The van der Waals surface area contributed by atoms with Gasteiger partial charge in [-0.15, -0.1) is 0 Å². The van der Waals surface area contributed by atoms with Gasteiger partial charge in [-0.25, -0.2) is 14.4 Å². The van der Waals surface area contributed by atoms with Crippen molar-refractivity contribution in [2.24, 2.45) is 0 Å². The van der Waals surface area contributed by atoms with Crippen molar-refractivity contribution >= 4 is 60.8 Å². The van der Waals surface area contributed by atoms with Gasteiger partial charge in [0.05, 0.1) is 1.37 Å². The fraction of sp³-hybridized carbons (Fsp3) is 0. The Morgan fingerprint density at radius 3 is 1.54 bits per heavy atom. The van der Waals surface area contributed by atoms with Crippen LogP contribution in [0.4, 0.5) is 21.5 Å². The molecule has 0 saturated carbocycles. The Morgan fingerprint density at radius 1 is 0.442 bits per heavy atom.